The van der Waals surface area contributed by atoms with Gasteiger partial charge in [-0.05, 0) is 42.7 Å². The molecule has 2 aromatic rings. The van der Waals surface area contributed by atoms with Crippen molar-refractivity contribution in [2.75, 3.05) is 6.61 Å². The van der Waals surface area contributed by atoms with E-state index in [0.29, 0.717) is 19.3 Å². The molecule has 31 heavy (non-hydrogen) atoms. The number of rotatable bonds is 12. The lowest BCUT2D eigenvalue weighted by Gasteiger charge is -2.23. The first-order chi connectivity index (χ1) is 14.9. The van der Waals surface area contributed by atoms with Gasteiger partial charge < -0.3 is 20.9 Å². The Kier molecular flexibility index (Phi) is 10.2. The van der Waals surface area contributed by atoms with Gasteiger partial charge in [0.05, 0.1) is 6.61 Å². The van der Waals surface area contributed by atoms with Crippen LogP contribution in [0.1, 0.15) is 37.8 Å². The molecule has 4 N–H and O–H groups in total. The van der Waals surface area contributed by atoms with E-state index >= 15 is 0 Å². The first-order valence-corrected chi connectivity index (χ1v) is 10.8. The number of hydrogen-bond acceptors (Lipinski definition) is 5. The van der Waals surface area contributed by atoms with Gasteiger partial charge in [-0.2, -0.15) is 0 Å². The van der Waals surface area contributed by atoms with Crippen LogP contribution in [0.15, 0.2) is 60.7 Å². The van der Waals surface area contributed by atoms with Crippen molar-refractivity contribution in [3.8, 4) is 0 Å². The highest BCUT2D eigenvalue weighted by Gasteiger charge is 2.29. The molecule has 0 aliphatic carbocycles. The number of carbonyl (C=O) groups is 2. The smallest absolute Gasteiger partial charge is 0.328 e. The number of hydrogen-bond donors (Lipinski definition) is 3. The lowest BCUT2D eigenvalue weighted by atomic mass is 10.00. The van der Waals surface area contributed by atoms with Crippen LogP contribution in [-0.4, -0.2) is 41.8 Å². The zero-order chi connectivity index (χ0) is 22.6. The molecule has 0 heterocycles. The number of aryl methyl sites for hydroxylation is 1. The van der Waals surface area contributed by atoms with E-state index in [1.807, 2.05) is 74.5 Å². The number of carbonyl (C=O) groups excluding carboxylic acids is 2. The summed E-state index contributed by atoms with van der Waals surface area (Å²) < 4.78 is 5.40. The van der Waals surface area contributed by atoms with Crippen LogP contribution >= 0.6 is 0 Å². The minimum Gasteiger partial charge on any atom is -0.464 e. The van der Waals surface area contributed by atoms with Crippen molar-refractivity contribution < 1.29 is 19.4 Å². The Morgan fingerprint density at radius 1 is 1.00 bits per heavy atom. The number of nitrogens with two attached hydrogens (primary N) is 1. The molecular formula is C25H34N2O4. The molecule has 2 rings (SSSR count). The standard InChI is InChI=1S/C25H34N2O4/c1-18(2)16-22(25(30)31-15-9-14-19-10-5-3-6-11-19)27-24(29)23(28)21(26)17-20-12-7-4-8-13-20/h3-8,10-13,18,21-23,28H,9,14-17,26H2,1-2H3,(H,27,29)/t21-,22+,23+/m1/s1. The molecule has 0 radical (unpaired) electrons. The number of esters is 1. The average molecular weight is 427 g/mol. The summed E-state index contributed by atoms with van der Waals surface area (Å²) in [5.74, 6) is -0.980. The quantitative estimate of drug-likeness (QED) is 0.358. The van der Waals surface area contributed by atoms with E-state index in [9.17, 15) is 14.7 Å². The lowest BCUT2D eigenvalue weighted by molar-refractivity contribution is -0.149. The van der Waals surface area contributed by atoms with Crippen molar-refractivity contribution in [3.05, 3.63) is 71.8 Å². The Balaban J connectivity index is 1.85. The van der Waals surface area contributed by atoms with Crippen molar-refractivity contribution >= 4 is 11.9 Å². The molecule has 0 spiro atoms. The molecule has 0 unspecified atom stereocenters. The van der Waals surface area contributed by atoms with Gasteiger partial charge in [0.1, 0.15) is 12.1 Å². The maximum Gasteiger partial charge on any atom is 0.328 e. The van der Waals surface area contributed by atoms with Gasteiger partial charge in [-0.1, -0.05) is 74.5 Å². The number of nitrogens with one attached hydrogen (secondary N) is 1. The first kappa shape index (κ1) is 24.6. The molecule has 0 aliphatic heterocycles. The van der Waals surface area contributed by atoms with E-state index in [2.05, 4.69) is 5.32 Å². The van der Waals surface area contributed by atoms with Crippen molar-refractivity contribution in [2.45, 2.75) is 57.7 Å². The average Bonchev–Trinajstić information content (AvgIpc) is 2.76. The predicted molar refractivity (Wildman–Crippen MR) is 121 cm³/mol. The lowest BCUT2D eigenvalue weighted by Crippen LogP contribution is -2.52. The zero-order valence-corrected chi connectivity index (χ0v) is 18.4. The van der Waals surface area contributed by atoms with Gasteiger partial charge in [0.2, 0.25) is 0 Å². The maximum atomic E-state index is 12.6. The van der Waals surface area contributed by atoms with Crippen LogP contribution < -0.4 is 11.1 Å². The summed E-state index contributed by atoms with van der Waals surface area (Å²) in [6.45, 7) is 4.19. The maximum absolute atomic E-state index is 12.6. The topological polar surface area (TPSA) is 102 Å². The van der Waals surface area contributed by atoms with Crippen LogP contribution in [-0.2, 0) is 27.2 Å². The van der Waals surface area contributed by atoms with Gasteiger partial charge in [-0.25, -0.2) is 4.79 Å². The van der Waals surface area contributed by atoms with Gasteiger partial charge in [0.15, 0.2) is 0 Å². The van der Waals surface area contributed by atoms with E-state index in [1.54, 1.807) is 0 Å². The van der Waals surface area contributed by atoms with Crippen molar-refractivity contribution in [1.82, 2.24) is 5.32 Å². The summed E-state index contributed by atoms with van der Waals surface area (Å²) in [7, 11) is 0. The van der Waals surface area contributed by atoms with Gasteiger partial charge in [0.25, 0.3) is 5.91 Å². The highest BCUT2D eigenvalue weighted by atomic mass is 16.5. The van der Waals surface area contributed by atoms with E-state index in [-0.39, 0.29) is 12.5 Å². The van der Waals surface area contributed by atoms with E-state index in [4.69, 9.17) is 10.5 Å². The fourth-order valence-electron chi connectivity index (χ4n) is 3.33. The monoisotopic (exact) mass is 426 g/mol. The van der Waals surface area contributed by atoms with Gasteiger partial charge in [-0.15, -0.1) is 0 Å². The molecule has 0 saturated carbocycles. The van der Waals surface area contributed by atoms with Gasteiger partial charge >= 0.3 is 5.97 Å². The Morgan fingerprint density at radius 3 is 2.16 bits per heavy atom. The third-order valence-electron chi connectivity index (χ3n) is 4.99. The Morgan fingerprint density at radius 2 is 1.58 bits per heavy atom. The van der Waals surface area contributed by atoms with Crippen LogP contribution in [0.3, 0.4) is 0 Å². The molecule has 6 nitrogen and oxygen atoms in total. The van der Waals surface area contributed by atoms with Crippen LogP contribution in [0.4, 0.5) is 0 Å². The predicted octanol–water partition coefficient (Wildman–Crippen LogP) is 2.62. The molecule has 1 amide bonds. The third kappa shape index (κ3) is 8.90. The van der Waals surface area contributed by atoms with Crippen molar-refractivity contribution in [2.24, 2.45) is 11.7 Å². The highest BCUT2D eigenvalue weighted by molar-refractivity contribution is 5.87. The van der Waals surface area contributed by atoms with Crippen molar-refractivity contribution in [3.63, 3.8) is 0 Å². The number of aliphatic hydroxyl groups is 1. The summed E-state index contributed by atoms with van der Waals surface area (Å²) in [6, 6.07) is 17.8. The molecule has 0 saturated heterocycles. The second-order valence-corrected chi connectivity index (χ2v) is 8.25. The molecule has 0 aliphatic rings. The summed E-state index contributed by atoms with van der Waals surface area (Å²) in [4.78, 5) is 25.1. The minimum atomic E-state index is -1.42. The number of amides is 1. The van der Waals surface area contributed by atoms with Crippen LogP contribution in [0, 0.1) is 5.92 Å². The zero-order valence-electron chi connectivity index (χ0n) is 18.4. The van der Waals surface area contributed by atoms with Crippen molar-refractivity contribution in [1.29, 1.82) is 0 Å². The van der Waals surface area contributed by atoms with Crippen LogP contribution in [0.5, 0.6) is 0 Å². The second-order valence-electron chi connectivity index (χ2n) is 8.25. The molecule has 3 atom stereocenters. The number of ether oxygens (including phenoxy) is 1. The fourth-order valence-corrected chi connectivity index (χ4v) is 3.33. The SMILES string of the molecule is CC(C)C[C@H](NC(=O)[C@@H](O)[C@H](N)Cc1ccccc1)C(=O)OCCCc1ccccc1. The first-order valence-electron chi connectivity index (χ1n) is 10.8. The molecule has 6 heteroatoms. The largest absolute Gasteiger partial charge is 0.464 e. The Hall–Kier alpha value is -2.70. The number of benzene rings is 2. The Bertz CT molecular complexity index is 796. The molecular weight excluding hydrogens is 392 g/mol. The normalized spacial score (nSPS) is 14.0. The van der Waals surface area contributed by atoms with E-state index < -0.39 is 30.1 Å². The summed E-state index contributed by atoms with van der Waals surface area (Å²) in [5.41, 5.74) is 8.14. The Labute approximate surface area is 184 Å². The molecule has 0 aromatic heterocycles. The highest BCUT2D eigenvalue weighted by Crippen LogP contribution is 2.10. The summed E-state index contributed by atoms with van der Waals surface area (Å²) in [6.07, 6.45) is 0.865. The fraction of sp³-hybridized carbons (Fsp3) is 0.440. The van der Waals surface area contributed by atoms with E-state index in [0.717, 1.165) is 12.0 Å². The number of aliphatic hydroxyl groups excluding tert-OH is 1. The minimum absolute atomic E-state index is 0.164. The molecule has 0 fully saturated rings. The molecule has 0 bridgehead atoms. The van der Waals surface area contributed by atoms with Crippen LogP contribution in [0.2, 0.25) is 0 Å². The molecule has 168 valence electrons. The van der Waals surface area contributed by atoms with Gasteiger partial charge in [0, 0.05) is 6.04 Å². The summed E-state index contributed by atoms with van der Waals surface area (Å²) >= 11 is 0. The second kappa shape index (κ2) is 12.9. The van der Waals surface area contributed by atoms with Crippen LogP contribution in [0.25, 0.3) is 0 Å². The third-order valence-corrected chi connectivity index (χ3v) is 4.99. The van der Waals surface area contributed by atoms with E-state index in [1.165, 1.54) is 5.56 Å². The molecule has 2 aromatic carbocycles. The van der Waals surface area contributed by atoms with Gasteiger partial charge in [-0.3, -0.25) is 4.79 Å². The summed E-state index contributed by atoms with van der Waals surface area (Å²) in [5, 5.41) is 13.0.